The molecule has 2 aromatic carbocycles. The number of aliphatic imine (C=N–C) groups is 1. The first-order valence-electron chi connectivity index (χ1n) is 9.03. The molecule has 0 aliphatic carbocycles. The summed E-state index contributed by atoms with van der Waals surface area (Å²) in [6.07, 6.45) is 0. The Morgan fingerprint density at radius 1 is 1.14 bits per heavy atom. The zero-order valence-electron chi connectivity index (χ0n) is 16.7. The molecule has 0 aliphatic heterocycles. The molecular weight excluding hydrogens is 379 g/mol. The Hall–Kier alpha value is -2.45. The van der Waals surface area contributed by atoms with Gasteiger partial charge in [-0.1, -0.05) is 30.3 Å². The van der Waals surface area contributed by atoms with Gasteiger partial charge in [-0.25, -0.2) is 22.1 Å². The molecule has 6 nitrogen and oxygen atoms in total. The van der Waals surface area contributed by atoms with Gasteiger partial charge in [-0.05, 0) is 42.7 Å². The molecular formula is C20H27FN4O2S. The zero-order valence-corrected chi connectivity index (χ0v) is 17.5. The topological polar surface area (TPSA) is 73.8 Å². The van der Waals surface area contributed by atoms with Crippen molar-refractivity contribution in [1.29, 1.82) is 0 Å². The average molecular weight is 407 g/mol. The molecule has 2 rings (SSSR count). The molecule has 28 heavy (non-hydrogen) atoms. The number of sulfonamides is 1. The molecule has 0 heterocycles. The number of benzene rings is 2. The number of nitrogens with one attached hydrogen (secondary N) is 2. The first-order valence-corrected chi connectivity index (χ1v) is 10.5. The van der Waals surface area contributed by atoms with E-state index in [1.54, 1.807) is 43.3 Å². The summed E-state index contributed by atoms with van der Waals surface area (Å²) < 4.78 is 39.6. The molecule has 0 spiro atoms. The molecule has 0 amide bonds. The predicted octanol–water partition coefficient (Wildman–Crippen LogP) is 2.64. The van der Waals surface area contributed by atoms with Crippen LogP contribution in [0.1, 0.15) is 23.6 Å². The highest BCUT2D eigenvalue weighted by atomic mass is 32.2. The van der Waals surface area contributed by atoms with Gasteiger partial charge in [0.1, 0.15) is 5.82 Å². The smallest absolute Gasteiger partial charge is 0.242 e. The van der Waals surface area contributed by atoms with Crippen molar-refractivity contribution in [1.82, 2.24) is 14.9 Å². The Bertz CT molecular complexity index is 943. The van der Waals surface area contributed by atoms with Gasteiger partial charge in [0.2, 0.25) is 10.0 Å². The lowest BCUT2D eigenvalue weighted by Gasteiger charge is -2.17. The molecule has 2 aromatic rings. The fraction of sp³-hybridized carbons (Fsp3) is 0.350. The summed E-state index contributed by atoms with van der Waals surface area (Å²) in [4.78, 5) is 4.77. The number of guanidine groups is 1. The van der Waals surface area contributed by atoms with E-state index in [4.69, 9.17) is 0 Å². The summed E-state index contributed by atoms with van der Waals surface area (Å²) in [5.74, 6) is 0.318. The van der Waals surface area contributed by atoms with Crippen LogP contribution in [0, 0.1) is 12.7 Å². The van der Waals surface area contributed by atoms with Crippen LogP contribution in [0.15, 0.2) is 52.4 Å². The molecule has 0 saturated heterocycles. The Balaban J connectivity index is 2.17. The van der Waals surface area contributed by atoms with Crippen LogP contribution < -0.4 is 10.6 Å². The molecule has 8 heteroatoms. The number of halogens is 1. The Morgan fingerprint density at radius 3 is 2.50 bits per heavy atom. The van der Waals surface area contributed by atoms with Crippen molar-refractivity contribution in [3.8, 4) is 0 Å². The minimum Gasteiger partial charge on any atom is -0.357 e. The molecule has 0 radical (unpaired) electrons. The van der Waals surface area contributed by atoms with E-state index in [-0.39, 0.29) is 10.7 Å². The van der Waals surface area contributed by atoms with Crippen LogP contribution >= 0.6 is 0 Å². The van der Waals surface area contributed by atoms with E-state index in [0.29, 0.717) is 36.7 Å². The van der Waals surface area contributed by atoms with E-state index in [9.17, 15) is 12.8 Å². The van der Waals surface area contributed by atoms with Gasteiger partial charge in [0.15, 0.2) is 5.96 Å². The molecule has 0 aromatic heterocycles. The highest BCUT2D eigenvalue weighted by molar-refractivity contribution is 7.89. The highest BCUT2D eigenvalue weighted by Gasteiger charge is 2.20. The maximum Gasteiger partial charge on any atom is 0.242 e. The normalized spacial score (nSPS) is 12.3. The lowest BCUT2D eigenvalue weighted by Crippen LogP contribution is -2.37. The van der Waals surface area contributed by atoms with Gasteiger partial charge in [0, 0.05) is 27.2 Å². The SMILES string of the molecule is CCNC(=NCc1ccc(F)c(C)c1)NCc1ccccc1S(=O)(=O)N(C)C. The fourth-order valence-corrected chi connectivity index (χ4v) is 3.71. The van der Waals surface area contributed by atoms with Crippen LogP contribution in [0.3, 0.4) is 0 Å². The summed E-state index contributed by atoms with van der Waals surface area (Å²) in [7, 11) is -0.515. The first-order chi connectivity index (χ1) is 13.3. The summed E-state index contributed by atoms with van der Waals surface area (Å²) >= 11 is 0. The van der Waals surface area contributed by atoms with E-state index in [0.717, 1.165) is 5.56 Å². The molecule has 0 bridgehead atoms. The van der Waals surface area contributed by atoms with Crippen molar-refractivity contribution < 1.29 is 12.8 Å². The Kier molecular flexibility index (Phi) is 7.53. The molecule has 0 atom stereocenters. The van der Waals surface area contributed by atoms with Gasteiger partial charge in [0.05, 0.1) is 11.4 Å². The van der Waals surface area contributed by atoms with Gasteiger partial charge in [-0.3, -0.25) is 0 Å². The minimum atomic E-state index is -3.53. The predicted molar refractivity (Wildman–Crippen MR) is 110 cm³/mol. The van der Waals surface area contributed by atoms with Crippen molar-refractivity contribution in [2.24, 2.45) is 4.99 Å². The second-order valence-electron chi connectivity index (χ2n) is 6.53. The summed E-state index contributed by atoms with van der Waals surface area (Å²) in [5, 5.41) is 6.30. The van der Waals surface area contributed by atoms with Crippen molar-refractivity contribution in [2.45, 2.75) is 31.8 Å². The Labute approximate surface area is 166 Å². The van der Waals surface area contributed by atoms with Gasteiger partial charge in [-0.15, -0.1) is 0 Å². The Morgan fingerprint density at radius 2 is 1.86 bits per heavy atom. The monoisotopic (exact) mass is 406 g/mol. The summed E-state index contributed by atoms with van der Waals surface area (Å²) in [5.41, 5.74) is 2.12. The van der Waals surface area contributed by atoms with Gasteiger partial charge in [0.25, 0.3) is 0 Å². The minimum absolute atomic E-state index is 0.239. The van der Waals surface area contributed by atoms with Crippen LogP contribution in [-0.2, 0) is 23.1 Å². The third kappa shape index (κ3) is 5.53. The second kappa shape index (κ2) is 9.66. The number of nitrogens with zero attached hydrogens (tertiary/aromatic N) is 2. The van der Waals surface area contributed by atoms with Crippen molar-refractivity contribution in [3.63, 3.8) is 0 Å². The summed E-state index contributed by atoms with van der Waals surface area (Å²) in [6.45, 7) is 5.01. The standard InChI is InChI=1S/C20H27FN4O2S/c1-5-22-20(23-13-16-10-11-18(21)15(2)12-16)24-14-17-8-6-7-9-19(17)28(26,27)25(3)4/h6-12H,5,13-14H2,1-4H3,(H2,22,23,24). The zero-order chi connectivity index (χ0) is 20.7. The van der Waals surface area contributed by atoms with Crippen molar-refractivity contribution >= 4 is 16.0 Å². The van der Waals surface area contributed by atoms with E-state index in [1.165, 1.54) is 24.5 Å². The van der Waals surface area contributed by atoms with E-state index >= 15 is 0 Å². The van der Waals surface area contributed by atoms with Crippen LogP contribution in [-0.4, -0.2) is 39.3 Å². The van der Waals surface area contributed by atoms with E-state index in [2.05, 4.69) is 15.6 Å². The molecule has 0 saturated carbocycles. The lowest BCUT2D eigenvalue weighted by atomic mass is 10.1. The molecule has 0 aliphatic rings. The first kappa shape index (κ1) is 21.8. The van der Waals surface area contributed by atoms with Gasteiger partial charge < -0.3 is 10.6 Å². The van der Waals surface area contributed by atoms with Crippen LogP contribution in [0.5, 0.6) is 0 Å². The van der Waals surface area contributed by atoms with Crippen molar-refractivity contribution in [3.05, 3.63) is 65.0 Å². The van der Waals surface area contributed by atoms with Crippen molar-refractivity contribution in [2.75, 3.05) is 20.6 Å². The van der Waals surface area contributed by atoms with Crippen LogP contribution in [0.4, 0.5) is 4.39 Å². The number of aryl methyl sites for hydroxylation is 1. The average Bonchev–Trinajstić information content (AvgIpc) is 2.66. The highest BCUT2D eigenvalue weighted by Crippen LogP contribution is 2.18. The van der Waals surface area contributed by atoms with Crippen LogP contribution in [0.25, 0.3) is 0 Å². The van der Waals surface area contributed by atoms with E-state index < -0.39 is 10.0 Å². The quantitative estimate of drug-likeness (QED) is 0.548. The number of hydrogen-bond donors (Lipinski definition) is 2. The van der Waals surface area contributed by atoms with Gasteiger partial charge in [-0.2, -0.15) is 0 Å². The molecule has 0 fully saturated rings. The third-order valence-corrected chi connectivity index (χ3v) is 6.08. The van der Waals surface area contributed by atoms with E-state index in [1.807, 2.05) is 6.92 Å². The molecule has 2 N–H and O–H groups in total. The van der Waals surface area contributed by atoms with Crippen LogP contribution in [0.2, 0.25) is 0 Å². The number of hydrogen-bond acceptors (Lipinski definition) is 3. The fourth-order valence-electron chi connectivity index (χ4n) is 2.59. The summed E-state index contributed by atoms with van der Waals surface area (Å²) in [6, 6.07) is 11.8. The van der Waals surface area contributed by atoms with Gasteiger partial charge >= 0.3 is 0 Å². The number of rotatable bonds is 7. The maximum atomic E-state index is 13.4. The maximum absolute atomic E-state index is 13.4. The third-order valence-electron chi connectivity index (χ3n) is 4.16. The largest absolute Gasteiger partial charge is 0.357 e. The molecule has 0 unspecified atom stereocenters. The molecule has 152 valence electrons. The second-order valence-corrected chi connectivity index (χ2v) is 8.65. The lowest BCUT2D eigenvalue weighted by molar-refractivity contribution is 0.519.